The maximum absolute atomic E-state index is 5.97. The van der Waals surface area contributed by atoms with Gasteiger partial charge in [-0.05, 0) is 30.7 Å². The molecule has 4 heteroatoms. The van der Waals surface area contributed by atoms with Gasteiger partial charge in [0.05, 0.1) is 12.7 Å². The molecule has 88 valence electrons. The van der Waals surface area contributed by atoms with Crippen LogP contribution in [-0.4, -0.2) is 30.7 Å². The predicted molar refractivity (Wildman–Crippen MR) is 66.6 cm³/mol. The molecule has 1 aromatic rings. The molecule has 0 saturated carbocycles. The fourth-order valence-corrected chi connectivity index (χ4v) is 2.33. The van der Waals surface area contributed by atoms with Crippen molar-refractivity contribution >= 4 is 17.3 Å². The molecule has 1 aliphatic heterocycles. The van der Waals surface area contributed by atoms with Crippen LogP contribution in [0, 0.1) is 0 Å². The lowest BCUT2D eigenvalue weighted by Gasteiger charge is -2.31. The minimum atomic E-state index is 0.310. The Morgan fingerprint density at radius 3 is 3.00 bits per heavy atom. The number of anilines is 1. The number of nitrogens with two attached hydrogens (primary N) is 1. The smallest absolute Gasteiger partial charge is 0.0674 e. The van der Waals surface area contributed by atoms with Gasteiger partial charge in [0, 0.05) is 30.3 Å². The highest BCUT2D eigenvalue weighted by molar-refractivity contribution is 6.30. The Bertz CT molecular complexity index is 350. The van der Waals surface area contributed by atoms with Crippen molar-refractivity contribution in [1.29, 1.82) is 0 Å². The second kappa shape index (κ2) is 5.04. The van der Waals surface area contributed by atoms with Gasteiger partial charge in [0.25, 0.3) is 0 Å². The summed E-state index contributed by atoms with van der Waals surface area (Å²) in [5.41, 5.74) is 7.66. The average molecular weight is 241 g/mol. The molecule has 2 N–H and O–H groups in total. The number of nitrogens with zero attached hydrogens (tertiary/aromatic N) is 1. The summed E-state index contributed by atoms with van der Waals surface area (Å²) in [6, 6.07) is 5.72. The number of morpholine rings is 1. The molecule has 1 aliphatic rings. The SMILES string of the molecule is CC1CN(Cc2cc(N)cc(Cl)c2)CCO1. The number of nitrogen functional groups attached to an aromatic ring is 1. The molecule has 0 spiro atoms. The van der Waals surface area contributed by atoms with Crippen LogP contribution in [0.4, 0.5) is 5.69 Å². The summed E-state index contributed by atoms with van der Waals surface area (Å²) in [6.45, 7) is 5.72. The van der Waals surface area contributed by atoms with Crippen LogP contribution < -0.4 is 5.73 Å². The number of ether oxygens (including phenoxy) is 1. The van der Waals surface area contributed by atoms with E-state index in [9.17, 15) is 0 Å². The summed E-state index contributed by atoms with van der Waals surface area (Å²) >= 11 is 5.97. The van der Waals surface area contributed by atoms with Gasteiger partial charge in [0.2, 0.25) is 0 Å². The van der Waals surface area contributed by atoms with Gasteiger partial charge >= 0.3 is 0 Å². The Hall–Kier alpha value is -0.770. The van der Waals surface area contributed by atoms with E-state index in [4.69, 9.17) is 22.1 Å². The van der Waals surface area contributed by atoms with E-state index in [1.807, 2.05) is 12.1 Å². The van der Waals surface area contributed by atoms with Gasteiger partial charge < -0.3 is 10.5 Å². The van der Waals surface area contributed by atoms with Gasteiger partial charge in [0.1, 0.15) is 0 Å². The second-order valence-electron chi connectivity index (χ2n) is 4.31. The molecular weight excluding hydrogens is 224 g/mol. The van der Waals surface area contributed by atoms with E-state index in [0.717, 1.165) is 31.9 Å². The van der Waals surface area contributed by atoms with E-state index in [1.165, 1.54) is 5.56 Å². The fourth-order valence-electron chi connectivity index (χ4n) is 2.06. The Kier molecular flexibility index (Phi) is 3.69. The first-order chi connectivity index (χ1) is 7.63. The molecule has 1 saturated heterocycles. The van der Waals surface area contributed by atoms with E-state index in [-0.39, 0.29) is 0 Å². The van der Waals surface area contributed by atoms with Gasteiger partial charge in [-0.3, -0.25) is 4.90 Å². The minimum absolute atomic E-state index is 0.310. The molecule has 0 amide bonds. The highest BCUT2D eigenvalue weighted by atomic mass is 35.5. The number of hydrogen-bond acceptors (Lipinski definition) is 3. The maximum atomic E-state index is 5.97. The van der Waals surface area contributed by atoms with Crippen LogP contribution in [0.5, 0.6) is 0 Å². The molecule has 1 aromatic carbocycles. The summed E-state index contributed by atoms with van der Waals surface area (Å²) in [5, 5.41) is 0.705. The summed E-state index contributed by atoms with van der Waals surface area (Å²) in [6.07, 6.45) is 0.310. The first-order valence-corrected chi connectivity index (χ1v) is 5.90. The summed E-state index contributed by atoms with van der Waals surface area (Å²) in [7, 11) is 0. The van der Waals surface area contributed by atoms with Crippen molar-refractivity contribution in [3.05, 3.63) is 28.8 Å². The lowest BCUT2D eigenvalue weighted by molar-refractivity contribution is -0.0212. The molecule has 2 rings (SSSR count). The number of benzene rings is 1. The van der Waals surface area contributed by atoms with Crippen LogP contribution >= 0.6 is 11.6 Å². The van der Waals surface area contributed by atoms with E-state index < -0.39 is 0 Å². The minimum Gasteiger partial charge on any atom is -0.399 e. The van der Waals surface area contributed by atoms with Crippen LogP contribution in [0.2, 0.25) is 5.02 Å². The monoisotopic (exact) mass is 240 g/mol. The number of hydrogen-bond donors (Lipinski definition) is 1. The van der Waals surface area contributed by atoms with Gasteiger partial charge in [-0.15, -0.1) is 0 Å². The maximum Gasteiger partial charge on any atom is 0.0674 e. The Labute approximate surface area is 101 Å². The van der Waals surface area contributed by atoms with Gasteiger partial charge in [0.15, 0.2) is 0 Å². The lowest BCUT2D eigenvalue weighted by Crippen LogP contribution is -2.40. The van der Waals surface area contributed by atoms with Crippen molar-refractivity contribution in [2.45, 2.75) is 19.6 Å². The number of halogens is 1. The molecule has 1 atom stereocenters. The zero-order valence-corrected chi connectivity index (χ0v) is 10.2. The van der Waals surface area contributed by atoms with Crippen molar-refractivity contribution in [3.63, 3.8) is 0 Å². The molecular formula is C12H17ClN2O. The average Bonchev–Trinajstić information content (AvgIpc) is 2.15. The second-order valence-corrected chi connectivity index (χ2v) is 4.75. The van der Waals surface area contributed by atoms with Crippen molar-refractivity contribution in [3.8, 4) is 0 Å². The van der Waals surface area contributed by atoms with Crippen LogP contribution in [0.25, 0.3) is 0 Å². The summed E-state index contributed by atoms with van der Waals surface area (Å²) in [4.78, 5) is 2.36. The topological polar surface area (TPSA) is 38.5 Å². The van der Waals surface area contributed by atoms with E-state index >= 15 is 0 Å². The van der Waals surface area contributed by atoms with Gasteiger partial charge in [-0.1, -0.05) is 11.6 Å². The first kappa shape index (κ1) is 11.7. The third kappa shape index (κ3) is 3.11. The first-order valence-electron chi connectivity index (χ1n) is 5.52. The van der Waals surface area contributed by atoms with Gasteiger partial charge in [-0.25, -0.2) is 0 Å². The van der Waals surface area contributed by atoms with Crippen molar-refractivity contribution in [2.75, 3.05) is 25.4 Å². The third-order valence-electron chi connectivity index (χ3n) is 2.71. The van der Waals surface area contributed by atoms with E-state index in [0.29, 0.717) is 11.1 Å². The van der Waals surface area contributed by atoms with Crippen molar-refractivity contribution in [1.82, 2.24) is 4.90 Å². The zero-order chi connectivity index (χ0) is 11.5. The van der Waals surface area contributed by atoms with Crippen molar-refractivity contribution < 1.29 is 4.74 Å². The normalized spacial score (nSPS) is 22.2. The Morgan fingerprint density at radius 2 is 2.31 bits per heavy atom. The number of rotatable bonds is 2. The molecule has 0 radical (unpaired) electrons. The van der Waals surface area contributed by atoms with Crippen LogP contribution in [-0.2, 0) is 11.3 Å². The predicted octanol–water partition coefficient (Wildman–Crippen LogP) is 2.14. The zero-order valence-electron chi connectivity index (χ0n) is 9.45. The third-order valence-corrected chi connectivity index (χ3v) is 2.93. The quantitative estimate of drug-likeness (QED) is 0.805. The summed E-state index contributed by atoms with van der Waals surface area (Å²) in [5.74, 6) is 0. The summed E-state index contributed by atoms with van der Waals surface area (Å²) < 4.78 is 5.50. The van der Waals surface area contributed by atoms with Crippen LogP contribution in [0.15, 0.2) is 18.2 Å². The van der Waals surface area contributed by atoms with Crippen LogP contribution in [0.3, 0.4) is 0 Å². The van der Waals surface area contributed by atoms with Crippen LogP contribution in [0.1, 0.15) is 12.5 Å². The molecule has 0 aromatic heterocycles. The Morgan fingerprint density at radius 1 is 1.50 bits per heavy atom. The molecule has 3 nitrogen and oxygen atoms in total. The molecule has 0 bridgehead atoms. The molecule has 1 fully saturated rings. The van der Waals surface area contributed by atoms with E-state index in [2.05, 4.69) is 11.8 Å². The van der Waals surface area contributed by atoms with E-state index in [1.54, 1.807) is 6.07 Å². The molecule has 16 heavy (non-hydrogen) atoms. The molecule has 0 aliphatic carbocycles. The fraction of sp³-hybridized carbons (Fsp3) is 0.500. The molecule has 1 unspecified atom stereocenters. The molecule has 1 heterocycles. The lowest BCUT2D eigenvalue weighted by atomic mass is 10.1. The highest BCUT2D eigenvalue weighted by Crippen LogP contribution is 2.18. The Balaban J connectivity index is 2.02. The standard InChI is InChI=1S/C12H17ClN2O/c1-9-7-15(2-3-16-9)8-10-4-11(13)6-12(14)5-10/h4-6,9H,2-3,7-8,14H2,1H3. The van der Waals surface area contributed by atoms with Gasteiger partial charge in [-0.2, -0.15) is 0 Å². The highest BCUT2D eigenvalue weighted by Gasteiger charge is 2.16. The van der Waals surface area contributed by atoms with Crippen molar-refractivity contribution in [2.24, 2.45) is 0 Å². The largest absolute Gasteiger partial charge is 0.399 e.